The summed E-state index contributed by atoms with van der Waals surface area (Å²) in [5.41, 5.74) is 0.512. The van der Waals surface area contributed by atoms with Gasteiger partial charge in [0.05, 0.1) is 22.9 Å². The van der Waals surface area contributed by atoms with E-state index in [1.807, 2.05) is 33.8 Å². The molecule has 0 radical (unpaired) electrons. The highest BCUT2D eigenvalue weighted by atomic mass is 16.7. The SMILES string of the molecule is CC(O)c1c(C#N)cncc1B1OC(C)(C)C(C)(C)O1. The summed E-state index contributed by atoms with van der Waals surface area (Å²) >= 11 is 0. The number of aliphatic hydroxyl groups is 1. The number of hydrogen-bond donors (Lipinski definition) is 1. The van der Waals surface area contributed by atoms with Crippen LogP contribution in [-0.4, -0.2) is 28.4 Å². The summed E-state index contributed by atoms with van der Waals surface area (Å²) in [6.45, 7) is 9.44. The fraction of sp³-hybridized carbons (Fsp3) is 0.571. The van der Waals surface area contributed by atoms with E-state index in [0.717, 1.165) is 0 Å². The number of hydrogen-bond acceptors (Lipinski definition) is 5. The molecule has 6 heteroatoms. The van der Waals surface area contributed by atoms with E-state index in [1.54, 1.807) is 13.1 Å². The third-order valence-corrected chi connectivity index (χ3v) is 4.06. The van der Waals surface area contributed by atoms with E-state index in [1.165, 1.54) is 6.20 Å². The molecule has 1 N–H and O–H groups in total. The molecule has 1 aromatic rings. The molecule has 0 aromatic carbocycles. The Bertz CT molecular complexity index is 548. The maximum Gasteiger partial charge on any atom is 0.496 e. The van der Waals surface area contributed by atoms with Gasteiger partial charge in [-0.3, -0.25) is 4.98 Å². The molecule has 0 saturated carbocycles. The highest BCUT2D eigenvalue weighted by molar-refractivity contribution is 6.62. The summed E-state index contributed by atoms with van der Waals surface area (Å²) in [5.74, 6) is 0. The van der Waals surface area contributed by atoms with Crippen LogP contribution in [0.2, 0.25) is 0 Å². The summed E-state index contributed by atoms with van der Waals surface area (Å²) in [5, 5.41) is 19.1. The second-order valence-electron chi connectivity index (χ2n) is 6.07. The standard InChI is InChI=1S/C14H19BN2O3/c1-9(18)12-10(6-16)7-17-8-11(12)15-19-13(2,3)14(4,5)20-15/h7-9,18H,1-5H3. The van der Waals surface area contributed by atoms with Gasteiger partial charge in [0.15, 0.2) is 0 Å². The van der Waals surface area contributed by atoms with Gasteiger partial charge in [-0.25, -0.2) is 0 Å². The van der Waals surface area contributed by atoms with Gasteiger partial charge in [-0.1, -0.05) is 0 Å². The van der Waals surface area contributed by atoms with Crippen LogP contribution in [0.15, 0.2) is 12.4 Å². The molecule has 2 rings (SSSR count). The lowest BCUT2D eigenvalue weighted by molar-refractivity contribution is 0.00578. The van der Waals surface area contributed by atoms with Crippen LogP contribution in [0.4, 0.5) is 0 Å². The normalized spacial score (nSPS) is 21.6. The molecule has 106 valence electrons. The minimum Gasteiger partial charge on any atom is -0.399 e. The Balaban J connectivity index is 2.48. The van der Waals surface area contributed by atoms with E-state index in [4.69, 9.17) is 14.6 Å². The zero-order chi connectivity index (χ0) is 15.1. The van der Waals surface area contributed by atoms with Gasteiger partial charge in [-0.2, -0.15) is 5.26 Å². The molecule has 1 saturated heterocycles. The van der Waals surface area contributed by atoms with Crippen molar-refractivity contribution in [3.63, 3.8) is 0 Å². The molecule has 0 amide bonds. The van der Waals surface area contributed by atoms with Crippen LogP contribution in [0, 0.1) is 11.3 Å². The highest BCUT2D eigenvalue weighted by Crippen LogP contribution is 2.37. The lowest BCUT2D eigenvalue weighted by Crippen LogP contribution is -2.41. The van der Waals surface area contributed by atoms with Gasteiger partial charge in [0.25, 0.3) is 0 Å². The second-order valence-corrected chi connectivity index (χ2v) is 6.07. The van der Waals surface area contributed by atoms with Crippen molar-refractivity contribution in [3.8, 4) is 6.07 Å². The summed E-state index contributed by atoms with van der Waals surface area (Å²) < 4.78 is 11.9. The van der Waals surface area contributed by atoms with Gasteiger partial charge in [0.2, 0.25) is 0 Å². The number of nitrogens with zero attached hydrogens (tertiary/aromatic N) is 2. The Hall–Kier alpha value is -1.42. The number of rotatable bonds is 2. The maximum atomic E-state index is 9.95. The van der Waals surface area contributed by atoms with Gasteiger partial charge in [-0.05, 0) is 34.6 Å². The largest absolute Gasteiger partial charge is 0.496 e. The summed E-state index contributed by atoms with van der Waals surface area (Å²) in [4.78, 5) is 4.05. The first-order chi connectivity index (χ1) is 9.19. The minimum atomic E-state index is -0.790. The van der Waals surface area contributed by atoms with E-state index in [2.05, 4.69) is 4.98 Å². The summed E-state index contributed by atoms with van der Waals surface area (Å²) in [6.07, 6.45) is 2.24. The summed E-state index contributed by atoms with van der Waals surface area (Å²) in [7, 11) is -0.634. The second kappa shape index (κ2) is 4.85. The van der Waals surface area contributed by atoms with E-state index < -0.39 is 24.4 Å². The van der Waals surface area contributed by atoms with Crippen molar-refractivity contribution < 1.29 is 14.4 Å². The molecule has 1 atom stereocenters. The van der Waals surface area contributed by atoms with Gasteiger partial charge < -0.3 is 14.4 Å². The zero-order valence-corrected chi connectivity index (χ0v) is 12.5. The number of aliphatic hydroxyl groups excluding tert-OH is 1. The molecule has 20 heavy (non-hydrogen) atoms. The molecule has 1 aromatic heterocycles. The Morgan fingerprint density at radius 1 is 1.25 bits per heavy atom. The van der Waals surface area contributed by atoms with E-state index in [-0.39, 0.29) is 0 Å². The van der Waals surface area contributed by atoms with Crippen LogP contribution < -0.4 is 5.46 Å². The Morgan fingerprint density at radius 3 is 2.25 bits per heavy atom. The topological polar surface area (TPSA) is 75.4 Å². The minimum absolute atomic E-state index is 0.340. The number of nitriles is 1. The van der Waals surface area contributed by atoms with Crippen LogP contribution >= 0.6 is 0 Å². The molecular weight excluding hydrogens is 255 g/mol. The van der Waals surface area contributed by atoms with Crippen LogP contribution in [0.1, 0.15) is 51.8 Å². The van der Waals surface area contributed by atoms with Crippen molar-refractivity contribution in [2.24, 2.45) is 0 Å². The predicted octanol–water partition coefficient (Wildman–Crippen LogP) is 1.31. The van der Waals surface area contributed by atoms with E-state index in [0.29, 0.717) is 16.6 Å². The first-order valence-electron chi connectivity index (χ1n) is 6.61. The Labute approximate surface area is 119 Å². The molecule has 0 aliphatic carbocycles. The molecule has 1 aliphatic rings. The Morgan fingerprint density at radius 2 is 1.80 bits per heavy atom. The van der Waals surface area contributed by atoms with Crippen molar-refractivity contribution in [3.05, 3.63) is 23.5 Å². The van der Waals surface area contributed by atoms with Crippen LogP contribution in [0.25, 0.3) is 0 Å². The Kier molecular flexibility index (Phi) is 3.63. The number of aromatic nitrogens is 1. The lowest BCUT2D eigenvalue weighted by atomic mass is 9.75. The van der Waals surface area contributed by atoms with Gasteiger partial charge in [-0.15, -0.1) is 0 Å². The molecular formula is C14H19BN2O3. The van der Waals surface area contributed by atoms with Gasteiger partial charge in [0, 0.05) is 23.4 Å². The monoisotopic (exact) mass is 274 g/mol. The van der Waals surface area contributed by atoms with Gasteiger partial charge >= 0.3 is 7.12 Å². The third kappa shape index (κ3) is 2.33. The summed E-state index contributed by atoms with van der Waals surface area (Å²) in [6, 6.07) is 2.05. The molecule has 0 bridgehead atoms. The average Bonchev–Trinajstić information content (AvgIpc) is 2.57. The number of pyridine rings is 1. The van der Waals surface area contributed by atoms with Crippen molar-refractivity contribution in [2.75, 3.05) is 0 Å². The first-order valence-corrected chi connectivity index (χ1v) is 6.61. The fourth-order valence-corrected chi connectivity index (χ4v) is 2.20. The van der Waals surface area contributed by atoms with Crippen molar-refractivity contribution in [1.82, 2.24) is 4.98 Å². The zero-order valence-electron chi connectivity index (χ0n) is 12.5. The predicted molar refractivity (Wildman–Crippen MR) is 75.3 cm³/mol. The van der Waals surface area contributed by atoms with Crippen LogP contribution in [-0.2, 0) is 9.31 Å². The molecule has 1 aliphatic heterocycles. The van der Waals surface area contributed by atoms with Crippen molar-refractivity contribution in [1.29, 1.82) is 5.26 Å². The van der Waals surface area contributed by atoms with E-state index in [9.17, 15) is 5.11 Å². The first kappa shape index (κ1) is 15.0. The smallest absolute Gasteiger partial charge is 0.399 e. The fourth-order valence-electron chi connectivity index (χ4n) is 2.20. The van der Waals surface area contributed by atoms with Crippen LogP contribution in [0.5, 0.6) is 0 Å². The quantitative estimate of drug-likeness (QED) is 0.823. The molecule has 1 fully saturated rings. The molecule has 2 heterocycles. The lowest BCUT2D eigenvalue weighted by Gasteiger charge is -2.32. The molecule has 0 spiro atoms. The maximum absolute atomic E-state index is 9.95. The average molecular weight is 274 g/mol. The van der Waals surface area contributed by atoms with Crippen LogP contribution in [0.3, 0.4) is 0 Å². The highest BCUT2D eigenvalue weighted by Gasteiger charge is 2.52. The molecule has 1 unspecified atom stereocenters. The van der Waals surface area contributed by atoms with Crippen molar-refractivity contribution in [2.45, 2.75) is 51.9 Å². The molecule has 5 nitrogen and oxygen atoms in total. The van der Waals surface area contributed by atoms with Crippen molar-refractivity contribution >= 4 is 12.6 Å². The van der Waals surface area contributed by atoms with Gasteiger partial charge in [0.1, 0.15) is 6.07 Å². The third-order valence-electron chi connectivity index (χ3n) is 4.06. The van der Waals surface area contributed by atoms with E-state index >= 15 is 0 Å².